The first-order chi connectivity index (χ1) is 9.61. The Kier molecular flexibility index (Phi) is 6.77. The first kappa shape index (κ1) is 16.2. The summed E-state index contributed by atoms with van der Waals surface area (Å²) in [6.45, 7) is 4.39. The van der Waals surface area contributed by atoms with Crippen LogP contribution in [0.5, 0.6) is 0 Å². The Morgan fingerprint density at radius 1 is 1.15 bits per heavy atom. The molecule has 110 valence electrons. The molecule has 0 heterocycles. The van der Waals surface area contributed by atoms with E-state index in [1.807, 2.05) is 6.92 Å². The van der Waals surface area contributed by atoms with Crippen molar-refractivity contribution in [1.29, 1.82) is 0 Å². The smallest absolute Gasteiger partial charge is 0.339 e. The third-order valence-electron chi connectivity index (χ3n) is 3.12. The van der Waals surface area contributed by atoms with E-state index in [0.717, 1.165) is 31.2 Å². The molecular weight excluding hydrogens is 256 g/mol. The lowest BCUT2D eigenvalue weighted by Crippen LogP contribution is -2.15. The average Bonchev–Trinajstić information content (AvgIpc) is 2.44. The minimum atomic E-state index is -1.09. The summed E-state index contributed by atoms with van der Waals surface area (Å²) in [5.41, 5.74) is 0.998. The molecule has 0 radical (unpaired) electrons. The van der Waals surface area contributed by atoms with Crippen molar-refractivity contribution in [3.8, 4) is 0 Å². The summed E-state index contributed by atoms with van der Waals surface area (Å²) in [7, 11) is 0. The highest BCUT2D eigenvalue weighted by Crippen LogP contribution is 2.19. The largest absolute Gasteiger partial charge is 0.478 e. The predicted molar refractivity (Wildman–Crippen MR) is 77.2 cm³/mol. The zero-order chi connectivity index (χ0) is 15.0. The Hall–Kier alpha value is -1.84. The summed E-state index contributed by atoms with van der Waals surface area (Å²) < 4.78 is 5.18. The quantitative estimate of drug-likeness (QED) is 0.582. The average molecular weight is 278 g/mol. The van der Waals surface area contributed by atoms with Crippen LogP contribution in [0.3, 0.4) is 0 Å². The van der Waals surface area contributed by atoms with E-state index in [0.29, 0.717) is 13.0 Å². The third-order valence-corrected chi connectivity index (χ3v) is 3.12. The molecule has 0 spiro atoms. The van der Waals surface area contributed by atoms with E-state index < -0.39 is 11.9 Å². The molecule has 0 bridgehead atoms. The summed E-state index contributed by atoms with van der Waals surface area (Å²) in [6.07, 6.45) is 4.30. The Morgan fingerprint density at radius 2 is 1.85 bits per heavy atom. The zero-order valence-electron chi connectivity index (χ0n) is 12.1. The van der Waals surface area contributed by atoms with Gasteiger partial charge in [0.15, 0.2) is 0 Å². The van der Waals surface area contributed by atoms with Crippen LogP contribution in [0.4, 0.5) is 0 Å². The lowest BCUT2D eigenvalue weighted by molar-refractivity contribution is 0.0488. The van der Waals surface area contributed by atoms with E-state index in [-0.39, 0.29) is 11.1 Å². The highest BCUT2D eigenvalue weighted by atomic mass is 16.5. The second-order valence-electron chi connectivity index (χ2n) is 4.74. The number of carbonyl (C=O) groups is 2. The molecule has 0 saturated carbocycles. The predicted octanol–water partition coefficient (Wildman–Crippen LogP) is 3.68. The monoisotopic (exact) mass is 278 g/mol. The van der Waals surface area contributed by atoms with Gasteiger partial charge in [-0.15, -0.1) is 0 Å². The van der Waals surface area contributed by atoms with Gasteiger partial charge in [-0.25, -0.2) is 9.59 Å². The molecule has 0 aromatic heterocycles. The normalized spacial score (nSPS) is 10.3. The molecule has 0 aliphatic carbocycles. The van der Waals surface area contributed by atoms with Crippen molar-refractivity contribution in [3.05, 3.63) is 34.9 Å². The molecule has 4 heteroatoms. The number of esters is 1. The molecule has 0 atom stereocenters. The van der Waals surface area contributed by atoms with Crippen LogP contribution >= 0.6 is 0 Å². The van der Waals surface area contributed by atoms with Crippen LogP contribution < -0.4 is 0 Å². The van der Waals surface area contributed by atoms with Gasteiger partial charge in [0.1, 0.15) is 0 Å². The fourth-order valence-electron chi connectivity index (χ4n) is 1.98. The Morgan fingerprint density at radius 3 is 2.45 bits per heavy atom. The first-order valence-electron chi connectivity index (χ1n) is 7.14. The van der Waals surface area contributed by atoms with Gasteiger partial charge in [-0.1, -0.05) is 38.8 Å². The van der Waals surface area contributed by atoms with Crippen LogP contribution in [-0.4, -0.2) is 23.7 Å². The van der Waals surface area contributed by atoms with Crippen molar-refractivity contribution in [2.24, 2.45) is 0 Å². The number of carboxylic acids is 1. The van der Waals surface area contributed by atoms with Gasteiger partial charge < -0.3 is 9.84 Å². The van der Waals surface area contributed by atoms with Gasteiger partial charge in [0.2, 0.25) is 0 Å². The summed E-state index contributed by atoms with van der Waals surface area (Å²) in [6, 6.07) is 4.93. The van der Waals surface area contributed by atoms with Crippen LogP contribution in [-0.2, 0) is 11.2 Å². The molecule has 0 aliphatic heterocycles. The molecule has 0 saturated heterocycles. The molecular formula is C16H22O4. The van der Waals surface area contributed by atoms with Crippen molar-refractivity contribution in [2.75, 3.05) is 6.61 Å². The third kappa shape index (κ3) is 4.37. The molecule has 1 N–H and O–H groups in total. The van der Waals surface area contributed by atoms with Gasteiger partial charge in [0, 0.05) is 0 Å². The van der Waals surface area contributed by atoms with Crippen LogP contribution in [0, 0.1) is 0 Å². The number of carboxylic acid groups (broad SMARTS) is 1. The number of hydrogen-bond donors (Lipinski definition) is 1. The highest BCUT2D eigenvalue weighted by molar-refractivity contribution is 6.03. The Bertz CT molecular complexity index is 466. The van der Waals surface area contributed by atoms with Crippen molar-refractivity contribution in [1.82, 2.24) is 0 Å². The molecule has 1 aromatic rings. The molecule has 20 heavy (non-hydrogen) atoms. The Labute approximate surface area is 119 Å². The van der Waals surface area contributed by atoms with Crippen molar-refractivity contribution in [2.45, 2.75) is 46.0 Å². The first-order valence-corrected chi connectivity index (χ1v) is 7.14. The van der Waals surface area contributed by atoms with Gasteiger partial charge in [0.25, 0.3) is 0 Å². The number of carbonyl (C=O) groups excluding carboxylic acids is 1. The fourth-order valence-corrected chi connectivity index (χ4v) is 1.98. The topological polar surface area (TPSA) is 63.6 Å². The maximum Gasteiger partial charge on any atom is 0.339 e. The van der Waals surface area contributed by atoms with Crippen molar-refractivity contribution in [3.63, 3.8) is 0 Å². The van der Waals surface area contributed by atoms with Crippen molar-refractivity contribution < 1.29 is 19.4 Å². The summed E-state index contributed by atoms with van der Waals surface area (Å²) in [5.74, 6) is -1.62. The molecule has 1 rings (SSSR count). The van der Waals surface area contributed by atoms with Crippen LogP contribution in [0.25, 0.3) is 0 Å². The van der Waals surface area contributed by atoms with Gasteiger partial charge in [-0.2, -0.15) is 0 Å². The number of hydrogen-bond acceptors (Lipinski definition) is 3. The number of ether oxygens (including phenoxy) is 1. The molecule has 0 aliphatic rings. The number of rotatable bonds is 8. The van der Waals surface area contributed by atoms with E-state index in [1.54, 1.807) is 12.1 Å². The lowest BCUT2D eigenvalue weighted by atomic mass is 9.97. The minimum absolute atomic E-state index is 0.0279. The molecule has 0 amide bonds. The van der Waals surface area contributed by atoms with Gasteiger partial charge in [-0.05, 0) is 30.9 Å². The summed E-state index contributed by atoms with van der Waals surface area (Å²) in [4.78, 5) is 23.4. The second-order valence-corrected chi connectivity index (χ2v) is 4.74. The van der Waals surface area contributed by atoms with E-state index in [9.17, 15) is 14.7 Å². The second kappa shape index (κ2) is 8.35. The molecule has 4 nitrogen and oxygen atoms in total. The summed E-state index contributed by atoms with van der Waals surface area (Å²) >= 11 is 0. The van der Waals surface area contributed by atoms with E-state index >= 15 is 0 Å². The minimum Gasteiger partial charge on any atom is -0.478 e. The molecule has 1 aromatic carbocycles. The number of unbranched alkanes of at least 4 members (excludes halogenated alkanes) is 2. The van der Waals surface area contributed by atoms with Crippen LogP contribution in [0.1, 0.15) is 65.8 Å². The molecule has 0 fully saturated rings. The number of aromatic carboxylic acids is 1. The lowest BCUT2D eigenvalue weighted by Gasteiger charge is -2.12. The fraction of sp³-hybridized carbons (Fsp3) is 0.500. The molecule has 0 unspecified atom stereocenters. The highest BCUT2D eigenvalue weighted by Gasteiger charge is 2.21. The maximum absolute atomic E-state index is 12.1. The number of aryl methyl sites for hydroxylation is 1. The van der Waals surface area contributed by atoms with E-state index in [4.69, 9.17) is 4.74 Å². The standard InChI is InChI=1S/C16H22O4/c1-3-5-8-12-9-7-10-13(15(17)18)14(12)16(19)20-11-6-4-2/h7,9-10H,3-6,8,11H2,1-2H3,(H,17,18). The van der Waals surface area contributed by atoms with Crippen molar-refractivity contribution >= 4 is 11.9 Å². The van der Waals surface area contributed by atoms with E-state index in [2.05, 4.69) is 6.92 Å². The zero-order valence-corrected chi connectivity index (χ0v) is 12.1. The van der Waals surface area contributed by atoms with E-state index in [1.165, 1.54) is 6.07 Å². The van der Waals surface area contributed by atoms with Crippen LogP contribution in [0.15, 0.2) is 18.2 Å². The van der Waals surface area contributed by atoms with Gasteiger partial charge >= 0.3 is 11.9 Å². The van der Waals surface area contributed by atoms with Crippen LogP contribution in [0.2, 0.25) is 0 Å². The van der Waals surface area contributed by atoms with Gasteiger partial charge in [0.05, 0.1) is 17.7 Å². The SMILES string of the molecule is CCCCOC(=O)c1c(CCCC)cccc1C(=O)O. The maximum atomic E-state index is 12.1. The van der Waals surface area contributed by atoms with Gasteiger partial charge in [-0.3, -0.25) is 0 Å². The number of benzene rings is 1. The Balaban J connectivity index is 3.03. The summed E-state index contributed by atoms with van der Waals surface area (Å²) in [5, 5.41) is 9.23.